The number of thioether (sulfide) groups is 1. The number of hydrogen-bond acceptors (Lipinski definition) is 4. The Balaban J connectivity index is 1.71. The van der Waals surface area contributed by atoms with Gasteiger partial charge < -0.3 is 10.5 Å². The van der Waals surface area contributed by atoms with E-state index in [9.17, 15) is 0 Å². The highest BCUT2D eigenvalue weighted by Gasteiger charge is 2.00. The van der Waals surface area contributed by atoms with Gasteiger partial charge in [0.1, 0.15) is 5.75 Å². The van der Waals surface area contributed by atoms with Gasteiger partial charge in [0.05, 0.1) is 12.8 Å². The van der Waals surface area contributed by atoms with Crippen molar-refractivity contribution in [1.82, 2.24) is 4.98 Å². The van der Waals surface area contributed by atoms with Crippen LogP contribution in [-0.4, -0.2) is 23.4 Å². The van der Waals surface area contributed by atoms with Crippen LogP contribution in [-0.2, 0) is 6.42 Å². The lowest BCUT2D eigenvalue weighted by atomic mass is 10.2. The number of nitrogens with zero attached hydrogens (tertiary/aromatic N) is 1. The highest BCUT2D eigenvalue weighted by atomic mass is 32.2. The molecule has 0 saturated carbocycles. The second kappa shape index (κ2) is 7.92. The van der Waals surface area contributed by atoms with Crippen LogP contribution in [0.15, 0.2) is 53.6 Å². The number of benzene rings is 1. The molecular formula is C16H20N2OS. The highest BCUT2D eigenvalue weighted by Crippen LogP contribution is 2.17. The van der Waals surface area contributed by atoms with Crippen molar-refractivity contribution >= 4 is 11.8 Å². The second-order valence-corrected chi connectivity index (χ2v) is 5.84. The van der Waals surface area contributed by atoms with Crippen molar-refractivity contribution in [2.75, 3.05) is 12.4 Å². The summed E-state index contributed by atoms with van der Waals surface area (Å²) < 4.78 is 5.67. The summed E-state index contributed by atoms with van der Waals surface area (Å²) in [6.07, 6.45) is 2.56. The number of aromatic nitrogens is 1. The summed E-state index contributed by atoms with van der Waals surface area (Å²) in [6, 6.07) is 14.4. The Morgan fingerprint density at radius 1 is 1.20 bits per heavy atom. The summed E-state index contributed by atoms with van der Waals surface area (Å²) in [5.74, 6) is 1.73. The third-order valence-electron chi connectivity index (χ3n) is 2.69. The van der Waals surface area contributed by atoms with Gasteiger partial charge >= 0.3 is 0 Å². The maximum absolute atomic E-state index is 5.74. The van der Waals surface area contributed by atoms with Crippen LogP contribution in [0.25, 0.3) is 0 Å². The zero-order valence-electron chi connectivity index (χ0n) is 11.7. The number of rotatable bonds is 7. The van der Waals surface area contributed by atoms with Crippen molar-refractivity contribution in [3.8, 4) is 5.75 Å². The smallest absolute Gasteiger partial charge is 0.137 e. The minimum absolute atomic E-state index is 0.136. The van der Waals surface area contributed by atoms with Crippen molar-refractivity contribution in [3.05, 3.63) is 54.4 Å². The normalized spacial score (nSPS) is 12.1. The minimum Gasteiger partial charge on any atom is -0.491 e. The molecule has 1 aromatic heterocycles. The van der Waals surface area contributed by atoms with Crippen LogP contribution in [0.2, 0.25) is 0 Å². The molecule has 0 spiro atoms. The van der Waals surface area contributed by atoms with Crippen molar-refractivity contribution < 1.29 is 4.74 Å². The van der Waals surface area contributed by atoms with Gasteiger partial charge in [-0.3, -0.25) is 4.98 Å². The van der Waals surface area contributed by atoms with E-state index in [4.69, 9.17) is 10.5 Å². The molecule has 0 aliphatic rings. The summed E-state index contributed by atoms with van der Waals surface area (Å²) in [4.78, 5) is 5.61. The molecule has 0 fully saturated rings. The van der Waals surface area contributed by atoms with Crippen molar-refractivity contribution in [2.24, 2.45) is 5.73 Å². The predicted octanol–water partition coefficient (Wildman–Crippen LogP) is 3.14. The predicted molar refractivity (Wildman–Crippen MR) is 84.3 cm³/mol. The monoisotopic (exact) mass is 288 g/mol. The number of nitrogens with two attached hydrogens (primary N) is 1. The summed E-state index contributed by atoms with van der Waals surface area (Å²) >= 11 is 1.79. The SMILES string of the molecule is CC(N)Cc1ccc(OCCSc2ccccc2)cn1. The van der Waals surface area contributed by atoms with E-state index in [0.29, 0.717) is 6.61 Å². The molecule has 0 saturated heterocycles. The maximum Gasteiger partial charge on any atom is 0.137 e. The topological polar surface area (TPSA) is 48.1 Å². The Kier molecular flexibility index (Phi) is 5.89. The van der Waals surface area contributed by atoms with E-state index >= 15 is 0 Å². The number of ether oxygens (including phenoxy) is 1. The second-order valence-electron chi connectivity index (χ2n) is 4.68. The first kappa shape index (κ1) is 14.9. The van der Waals surface area contributed by atoms with Gasteiger partial charge in [0, 0.05) is 28.8 Å². The molecule has 1 heterocycles. The van der Waals surface area contributed by atoms with Crippen LogP contribution < -0.4 is 10.5 Å². The molecule has 2 N–H and O–H groups in total. The van der Waals surface area contributed by atoms with E-state index in [1.54, 1.807) is 18.0 Å². The fraction of sp³-hybridized carbons (Fsp3) is 0.312. The first-order valence-electron chi connectivity index (χ1n) is 6.75. The Bertz CT molecular complexity index is 500. The standard InChI is InChI=1S/C16H20N2OS/c1-13(17)11-14-7-8-15(12-18-14)19-9-10-20-16-5-3-2-4-6-16/h2-8,12-13H,9-11,17H2,1H3. The van der Waals surface area contributed by atoms with E-state index in [1.165, 1.54) is 4.90 Å². The quantitative estimate of drug-likeness (QED) is 0.628. The summed E-state index contributed by atoms with van der Waals surface area (Å²) in [6.45, 7) is 2.65. The molecule has 2 aromatic rings. The zero-order chi connectivity index (χ0) is 14.2. The van der Waals surface area contributed by atoms with Gasteiger partial charge in [0.25, 0.3) is 0 Å². The molecular weight excluding hydrogens is 268 g/mol. The summed E-state index contributed by atoms with van der Waals surface area (Å²) in [7, 11) is 0. The van der Waals surface area contributed by atoms with Crippen LogP contribution >= 0.6 is 11.8 Å². The van der Waals surface area contributed by atoms with Crippen LogP contribution in [0.1, 0.15) is 12.6 Å². The molecule has 0 aliphatic heterocycles. The molecule has 106 valence electrons. The Labute approximate surface area is 124 Å². The van der Waals surface area contributed by atoms with Gasteiger partial charge in [-0.15, -0.1) is 11.8 Å². The van der Waals surface area contributed by atoms with E-state index in [-0.39, 0.29) is 6.04 Å². The Morgan fingerprint density at radius 3 is 2.65 bits per heavy atom. The van der Waals surface area contributed by atoms with E-state index in [2.05, 4.69) is 17.1 Å². The summed E-state index contributed by atoms with van der Waals surface area (Å²) in [5, 5.41) is 0. The molecule has 0 radical (unpaired) electrons. The van der Waals surface area contributed by atoms with Crippen LogP contribution in [0.3, 0.4) is 0 Å². The largest absolute Gasteiger partial charge is 0.491 e. The highest BCUT2D eigenvalue weighted by molar-refractivity contribution is 7.99. The molecule has 2 rings (SSSR count). The summed E-state index contributed by atoms with van der Waals surface area (Å²) in [5.41, 5.74) is 6.75. The average molecular weight is 288 g/mol. The van der Waals surface area contributed by atoms with E-state index in [0.717, 1.165) is 23.6 Å². The van der Waals surface area contributed by atoms with Gasteiger partial charge in [-0.2, -0.15) is 0 Å². The number of pyridine rings is 1. The molecule has 0 amide bonds. The molecule has 1 atom stereocenters. The molecule has 0 aliphatic carbocycles. The fourth-order valence-corrected chi connectivity index (χ4v) is 2.53. The third-order valence-corrected chi connectivity index (χ3v) is 3.67. The molecule has 3 nitrogen and oxygen atoms in total. The van der Waals surface area contributed by atoms with Gasteiger partial charge in [0.2, 0.25) is 0 Å². The third kappa shape index (κ3) is 5.23. The fourth-order valence-electron chi connectivity index (χ4n) is 1.78. The minimum atomic E-state index is 0.136. The molecule has 20 heavy (non-hydrogen) atoms. The average Bonchev–Trinajstić information content (AvgIpc) is 2.46. The lowest BCUT2D eigenvalue weighted by molar-refractivity contribution is 0.342. The van der Waals surface area contributed by atoms with Crippen LogP contribution in [0.5, 0.6) is 5.75 Å². The van der Waals surface area contributed by atoms with Crippen LogP contribution in [0.4, 0.5) is 0 Å². The van der Waals surface area contributed by atoms with Gasteiger partial charge in [-0.25, -0.2) is 0 Å². The molecule has 1 unspecified atom stereocenters. The zero-order valence-corrected chi connectivity index (χ0v) is 12.5. The molecule has 0 bridgehead atoms. The van der Waals surface area contributed by atoms with Gasteiger partial charge in [0.15, 0.2) is 0 Å². The lowest BCUT2D eigenvalue weighted by Crippen LogP contribution is -2.18. The maximum atomic E-state index is 5.74. The first-order chi connectivity index (χ1) is 9.74. The number of hydrogen-bond donors (Lipinski definition) is 1. The molecule has 4 heteroatoms. The van der Waals surface area contributed by atoms with Crippen molar-refractivity contribution in [2.45, 2.75) is 24.3 Å². The van der Waals surface area contributed by atoms with E-state index < -0.39 is 0 Å². The van der Waals surface area contributed by atoms with Gasteiger partial charge in [-0.1, -0.05) is 18.2 Å². The van der Waals surface area contributed by atoms with E-state index in [1.807, 2.05) is 37.3 Å². The van der Waals surface area contributed by atoms with Gasteiger partial charge in [-0.05, 0) is 31.2 Å². The Morgan fingerprint density at radius 2 is 2.00 bits per heavy atom. The lowest BCUT2D eigenvalue weighted by Gasteiger charge is -2.08. The molecule has 1 aromatic carbocycles. The van der Waals surface area contributed by atoms with Crippen molar-refractivity contribution in [1.29, 1.82) is 0 Å². The Hall–Kier alpha value is -1.52. The first-order valence-corrected chi connectivity index (χ1v) is 7.74. The van der Waals surface area contributed by atoms with Crippen molar-refractivity contribution in [3.63, 3.8) is 0 Å². The van der Waals surface area contributed by atoms with Crippen LogP contribution in [0, 0.1) is 0 Å².